The average molecular weight is 216 g/mol. The zero-order chi connectivity index (χ0) is 12.2. The van der Waals surface area contributed by atoms with Crippen molar-refractivity contribution in [1.82, 2.24) is 0 Å². The lowest BCUT2D eigenvalue weighted by Crippen LogP contribution is -2.42. The van der Waals surface area contributed by atoms with Gasteiger partial charge in [-0.15, -0.1) is 0 Å². The Kier molecular flexibility index (Phi) is 4.24. The maximum Gasteiger partial charge on any atom is 0.230 e. The average Bonchev–Trinajstić information content (AvgIpc) is 2.01. The van der Waals surface area contributed by atoms with Gasteiger partial charge >= 0.3 is 0 Å². The van der Waals surface area contributed by atoms with E-state index in [0.717, 1.165) is 0 Å². The molecule has 0 aromatic rings. The van der Waals surface area contributed by atoms with E-state index in [1.165, 1.54) is 0 Å². The summed E-state index contributed by atoms with van der Waals surface area (Å²) in [4.78, 5) is 43.0. The van der Waals surface area contributed by atoms with E-state index in [9.17, 15) is 19.2 Å². The minimum absolute atomic E-state index is 0.491. The summed E-state index contributed by atoms with van der Waals surface area (Å²) < 4.78 is 0. The molecule has 84 valence electrons. The first-order chi connectivity index (χ1) is 6.77. The molecule has 0 aliphatic rings. The third-order valence-corrected chi connectivity index (χ3v) is 1.85. The van der Waals surface area contributed by atoms with E-state index in [1.807, 2.05) is 0 Å². The highest BCUT2D eigenvalue weighted by molar-refractivity contribution is 6.03. The minimum atomic E-state index is -1.44. The standard InChI is InChI=1S/C7H12N4O4/c8-4(12)2(5(9)13)1-3(6(10)14)7(11)15/h2-3H,1H2,(H2,8,12)(H2,9,13)(H2,10,14)(H2,11,15). The molecule has 0 heterocycles. The van der Waals surface area contributed by atoms with Crippen molar-refractivity contribution in [2.45, 2.75) is 6.42 Å². The highest BCUT2D eigenvalue weighted by Crippen LogP contribution is 2.11. The van der Waals surface area contributed by atoms with E-state index in [0.29, 0.717) is 0 Å². The van der Waals surface area contributed by atoms with Crippen LogP contribution < -0.4 is 22.9 Å². The number of carbonyl (C=O) groups excluding carboxylic acids is 4. The summed E-state index contributed by atoms with van der Waals surface area (Å²) in [5, 5.41) is 0. The first-order valence-corrected chi connectivity index (χ1v) is 3.94. The second-order valence-electron chi connectivity index (χ2n) is 2.95. The van der Waals surface area contributed by atoms with Crippen molar-refractivity contribution in [1.29, 1.82) is 0 Å². The molecule has 8 heteroatoms. The van der Waals surface area contributed by atoms with Crippen LogP contribution in [0.15, 0.2) is 0 Å². The monoisotopic (exact) mass is 216 g/mol. The summed E-state index contributed by atoms with van der Waals surface area (Å²) in [5.74, 6) is -7.00. The summed E-state index contributed by atoms with van der Waals surface area (Å²) in [6.07, 6.45) is -0.491. The van der Waals surface area contributed by atoms with Crippen molar-refractivity contribution in [2.24, 2.45) is 34.8 Å². The predicted molar refractivity (Wildman–Crippen MR) is 48.4 cm³/mol. The quantitative estimate of drug-likeness (QED) is 0.338. The van der Waals surface area contributed by atoms with Crippen molar-refractivity contribution < 1.29 is 19.2 Å². The van der Waals surface area contributed by atoms with Crippen LogP contribution in [0.3, 0.4) is 0 Å². The molecule has 0 fully saturated rings. The van der Waals surface area contributed by atoms with Crippen LogP contribution in [0.1, 0.15) is 6.42 Å². The minimum Gasteiger partial charge on any atom is -0.369 e. The van der Waals surface area contributed by atoms with Crippen LogP contribution in [-0.4, -0.2) is 23.6 Å². The molecule has 0 unspecified atom stereocenters. The van der Waals surface area contributed by atoms with Crippen LogP contribution in [-0.2, 0) is 19.2 Å². The third-order valence-electron chi connectivity index (χ3n) is 1.85. The Bertz CT molecular complexity index is 256. The fourth-order valence-corrected chi connectivity index (χ4v) is 0.981. The maximum atomic E-state index is 10.7. The smallest absolute Gasteiger partial charge is 0.230 e. The van der Waals surface area contributed by atoms with Crippen LogP contribution in [0.25, 0.3) is 0 Å². The number of carbonyl (C=O) groups is 4. The first kappa shape index (κ1) is 12.9. The molecule has 4 amide bonds. The molecular weight excluding hydrogens is 204 g/mol. The largest absolute Gasteiger partial charge is 0.369 e. The Morgan fingerprint density at radius 1 is 0.667 bits per heavy atom. The lowest BCUT2D eigenvalue weighted by atomic mass is 9.92. The summed E-state index contributed by atoms with van der Waals surface area (Å²) >= 11 is 0. The van der Waals surface area contributed by atoms with Gasteiger partial charge < -0.3 is 22.9 Å². The molecule has 0 saturated carbocycles. The van der Waals surface area contributed by atoms with Crippen molar-refractivity contribution in [3.05, 3.63) is 0 Å². The van der Waals surface area contributed by atoms with Crippen LogP contribution in [0, 0.1) is 11.8 Å². The van der Waals surface area contributed by atoms with Gasteiger partial charge in [0.2, 0.25) is 23.6 Å². The van der Waals surface area contributed by atoms with Gasteiger partial charge in [0.05, 0.1) is 0 Å². The number of primary amides is 4. The van der Waals surface area contributed by atoms with Crippen LogP contribution in [0.2, 0.25) is 0 Å². The van der Waals surface area contributed by atoms with E-state index < -0.39 is 41.9 Å². The van der Waals surface area contributed by atoms with Gasteiger partial charge in [-0.25, -0.2) is 0 Å². The molecule has 0 aromatic carbocycles. The van der Waals surface area contributed by atoms with E-state index in [-0.39, 0.29) is 0 Å². The molecule has 0 aliphatic carbocycles. The normalized spacial score (nSPS) is 10.3. The van der Waals surface area contributed by atoms with Gasteiger partial charge in [0.15, 0.2) is 0 Å². The van der Waals surface area contributed by atoms with E-state index in [4.69, 9.17) is 22.9 Å². The highest BCUT2D eigenvalue weighted by Gasteiger charge is 2.31. The molecule has 0 aromatic heterocycles. The number of nitrogens with two attached hydrogens (primary N) is 4. The van der Waals surface area contributed by atoms with Crippen molar-refractivity contribution in [3.63, 3.8) is 0 Å². The summed E-state index contributed by atoms with van der Waals surface area (Å²) in [7, 11) is 0. The molecule has 0 rings (SSSR count). The Hall–Kier alpha value is -2.12. The topological polar surface area (TPSA) is 172 Å². The van der Waals surface area contributed by atoms with Gasteiger partial charge in [-0.05, 0) is 6.42 Å². The summed E-state index contributed by atoms with van der Waals surface area (Å²) in [5.41, 5.74) is 19.4. The molecule has 8 N–H and O–H groups in total. The zero-order valence-electron chi connectivity index (χ0n) is 7.80. The van der Waals surface area contributed by atoms with Crippen molar-refractivity contribution in [3.8, 4) is 0 Å². The Morgan fingerprint density at radius 2 is 0.867 bits per heavy atom. The van der Waals surface area contributed by atoms with Gasteiger partial charge in [-0.3, -0.25) is 19.2 Å². The molecule has 0 saturated heterocycles. The number of amides is 4. The molecule has 0 radical (unpaired) electrons. The van der Waals surface area contributed by atoms with Crippen LogP contribution in [0.4, 0.5) is 0 Å². The SMILES string of the molecule is NC(=O)C(CC(C(N)=O)C(N)=O)C(N)=O. The fraction of sp³-hybridized carbons (Fsp3) is 0.429. The fourth-order valence-electron chi connectivity index (χ4n) is 0.981. The molecule has 8 nitrogen and oxygen atoms in total. The number of hydrogen-bond acceptors (Lipinski definition) is 4. The van der Waals surface area contributed by atoms with E-state index >= 15 is 0 Å². The zero-order valence-corrected chi connectivity index (χ0v) is 7.80. The van der Waals surface area contributed by atoms with Gasteiger partial charge in [-0.2, -0.15) is 0 Å². The Labute approximate surface area is 84.9 Å². The number of rotatable bonds is 6. The highest BCUT2D eigenvalue weighted by atomic mass is 16.2. The van der Waals surface area contributed by atoms with Gasteiger partial charge in [-0.1, -0.05) is 0 Å². The van der Waals surface area contributed by atoms with Gasteiger partial charge in [0.25, 0.3) is 0 Å². The number of hydrogen-bond donors (Lipinski definition) is 4. The van der Waals surface area contributed by atoms with Crippen LogP contribution in [0.5, 0.6) is 0 Å². The molecule has 0 spiro atoms. The van der Waals surface area contributed by atoms with Gasteiger partial charge in [0.1, 0.15) is 11.8 Å². The second-order valence-corrected chi connectivity index (χ2v) is 2.95. The summed E-state index contributed by atoms with van der Waals surface area (Å²) in [6.45, 7) is 0. The lowest BCUT2D eigenvalue weighted by molar-refractivity contribution is -0.135. The first-order valence-electron chi connectivity index (χ1n) is 3.94. The van der Waals surface area contributed by atoms with E-state index in [2.05, 4.69) is 0 Å². The van der Waals surface area contributed by atoms with Gasteiger partial charge in [0, 0.05) is 0 Å². The molecular formula is C7H12N4O4. The third kappa shape index (κ3) is 3.63. The summed E-state index contributed by atoms with van der Waals surface area (Å²) in [6, 6.07) is 0. The van der Waals surface area contributed by atoms with Crippen molar-refractivity contribution in [2.75, 3.05) is 0 Å². The molecule has 0 aliphatic heterocycles. The Balaban J connectivity index is 4.77. The maximum absolute atomic E-state index is 10.7. The molecule has 0 bridgehead atoms. The second kappa shape index (κ2) is 4.94. The Morgan fingerprint density at radius 3 is 1.00 bits per heavy atom. The predicted octanol–water partition coefficient (Wildman–Crippen LogP) is -3.45. The molecule has 0 atom stereocenters. The molecule has 15 heavy (non-hydrogen) atoms. The lowest BCUT2D eigenvalue weighted by Gasteiger charge is -2.13. The van der Waals surface area contributed by atoms with E-state index in [1.54, 1.807) is 0 Å². The van der Waals surface area contributed by atoms with Crippen molar-refractivity contribution >= 4 is 23.6 Å². The van der Waals surface area contributed by atoms with Crippen LogP contribution >= 0.6 is 0 Å².